The Morgan fingerprint density at radius 2 is 1.93 bits per heavy atom. The lowest BCUT2D eigenvalue weighted by Gasteiger charge is -2.00. The minimum atomic E-state index is -1.39. The zero-order chi connectivity index (χ0) is 10.6. The van der Waals surface area contributed by atoms with Crippen molar-refractivity contribution in [3.63, 3.8) is 0 Å². The monoisotopic (exact) mass is 212 g/mol. The molecule has 0 atom stereocenters. The number of hydrogen-bond acceptors (Lipinski definition) is 2. The van der Waals surface area contributed by atoms with Gasteiger partial charge in [0, 0.05) is 11.4 Å². The molecule has 1 aromatic carbocycles. The molecule has 0 fully saturated rings. The molecular weight excluding hydrogens is 204 g/mol. The van der Waals surface area contributed by atoms with Gasteiger partial charge in [0.25, 0.3) is 0 Å². The molecule has 74 valence electrons. The standard InChI is InChI=1S/C10H9ClO3/c11-8-4-2-1-3-7(8)5-6-9(12)10(13)14/h1-4H,5-6H2,(H,13,14). The first-order valence-corrected chi connectivity index (χ1v) is 4.48. The largest absolute Gasteiger partial charge is 0.476 e. The van der Waals surface area contributed by atoms with Gasteiger partial charge >= 0.3 is 5.97 Å². The molecule has 0 heterocycles. The molecule has 0 aromatic heterocycles. The van der Waals surface area contributed by atoms with Crippen molar-refractivity contribution in [2.75, 3.05) is 0 Å². The predicted molar refractivity (Wildman–Crippen MR) is 52.4 cm³/mol. The van der Waals surface area contributed by atoms with Crippen molar-refractivity contribution >= 4 is 23.4 Å². The highest BCUT2D eigenvalue weighted by atomic mass is 35.5. The highest BCUT2D eigenvalue weighted by molar-refractivity contribution is 6.33. The minimum Gasteiger partial charge on any atom is -0.476 e. The van der Waals surface area contributed by atoms with Crippen molar-refractivity contribution in [3.8, 4) is 0 Å². The van der Waals surface area contributed by atoms with Crippen LogP contribution in [0.3, 0.4) is 0 Å². The molecule has 0 amide bonds. The zero-order valence-corrected chi connectivity index (χ0v) is 8.12. The lowest BCUT2D eigenvalue weighted by atomic mass is 10.1. The fraction of sp³-hybridized carbons (Fsp3) is 0.200. The summed E-state index contributed by atoms with van der Waals surface area (Å²) in [6.45, 7) is 0. The molecule has 14 heavy (non-hydrogen) atoms. The van der Waals surface area contributed by atoms with Crippen LogP contribution in [-0.2, 0) is 16.0 Å². The van der Waals surface area contributed by atoms with Gasteiger partial charge in [0.2, 0.25) is 5.78 Å². The zero-order valence-electron chi connectivity index (χ0n) is 7.37. The molecule has 3 nitrogen and oxygen atoms in total. The number of carbonyl (C=O) groups excluding carboxylic acids is 1. The Morgan fingerprint density at radius 1 is 1.29 bits per heavy atom. The number of carboxylic acid groups (broad SMARTS) is 1. The smallest absolute Gasteiger partial charge is 0.372 e. The van der Waals surface area contributed by atoms with Gasteiger partial charge in [0.05, 0.1) is 0 Å². The molecule has 0 aliphatic heterocycles. The van der Waals surface area contributed by atoms with Gasteiger partial charge < -0.3 is 5.11 Å². The fourth-order valence-corrected chi connectivity index (χ4v) is 1.29. The Balaban J connectivity index is 2.58. The summed E-state index contributed by atoms with van der Waals surface area (Å²) in [4.78, 5) is 21.0. The number of ketones is 1. The van der Waals surface area contributed by atoms with Crippen LogP contribution in [0.5, 0.6) is 0 Å². The van der Waals surface area contributed by atoms with E-state index in [1.165, 1.54) is 0 Å². The number of halogens is 1. The second-order valence-corrected chi connectivity index (χ2v) is 3.23. The Morgan fingerprint density at radius 3 is 2.50 bits per heavy atom. The van der Waals surface area contributed by atoms with Crippen molar-refractivity contribution in [1.29, 1.82) is 0 Å². The second-order valence-electron chi connectivity index (χ2n) is 2.82. The van der Waals surface area contributed by atoms with E-state index in [0.717, 1.165) is 5.56 Å². The van der Waals surface area contributed by atoms with Gasteiger partial charge in [-0.3, -0.25) is 4.79 Å². The molecule has 0 radical (unpaired) electrons. The van der Waals surface area contributed by atoms with Crippen molar-refractivity contribution < 1.29 is 14.7 Å². The SMILES string of the molecule is O=C(O)C(=O)CCc1ccccc1Cl. The second kappa shape index (κ2) is 4.77. The highest BCUT2D eigenvalue weighted by Crippen LogP contribution is 2.16. The average molecular weight is 213 g/mol. The maximum absolute atomic E-state index is 10.8. The Hall–Kier alpha value is -1.35. The molecule has 1 N–H and O–H groups in total. The molecule has 0 saturated carbocycles. The number of hydrogen-bond donors (Lipinski definition) is 1. The first-order valence-electron chi connectivity index (χ1n) is 4.11. The van der Waals surface area contributed by atoms with Crippen molar-refractivity contribution in [2.24, 2.45) is 0 Å². The molecule has 0 spiro atoms. The molecule has 0 aliphatic rings. The van der Waals surface area contributed by atoms with E-state index in [4.69, 9.17) is 16.7 Å². The maximum Gasteiger partial charge on any atom is 0.372 e. The fourth-order valence-electron chi connectivity index (χ4n) is 1.06. The molecule has 0 aliphatic carbocycles. The minimum absolute atomic E-state index is 0.0148. The maximum atomic E-state index is 10.8. The van der Waals surface area contributed by atoms with Crippen LogP contribution < -0.4 is 0 Å². The summed E-state index contributed by atoms with van der Waals surface area (Å²) in [6.07, 6.45) is 0.351. The van der Waals surface area contributed by atoms with Gasteiger partial charge in [-0.05, 0) is 18.1 Å². The van der Waals surface area contributed by atoms with Crippen LogP contribution in [-0.4, -0.2) is 16.9 Å². The van der Waals surface area contributed by atoms with E-state index >= 15 is 0 Å². The lowest BCUT2D eigenvalue weighted by Crippen LogP contribution is -2.12. The molecule has 1 rings (SSSR count). The number of Topliss-reactive ketones (excluding diaryl/α,β-unsaturated/α-hetero) is 1. The molecule has 0 bridgehead atoms. The Labute approximate surface area is 86.3 Å². The third-order valence-electron chi connectivity index (χ3n) is 1.82. The molecule has 1 aromatic rings. The first-order chi connectivity index (χ1) is 6.61. The van der Waals surface area contributed by atoms with E-state index < -0.39 is 11.8 Å². The number of carbonyl (C=O) groups is 2. The summed E-state index contributed by atoms with van der Waals surface area (Å²) in [5.74, 6) is -2.18. The van der Waals surface area contributed by atoms with Gasteiger partial charge in [0.1, 0.15) is 0 Å². The quantitative estimate of drug-likeness (QED) is 0.776. The molecule has 0 unspecified atom stereocenters. The molecule has 0 saturated heterocycles. The predicted octanol–water partition coefficient (Wildman–Crippen LogP) is 1.93. The van der Waals surface area contributed by atoms with E-state index in [1.807, 2.05) is 0 Å². The number of carboxylic acids is 1. The normalized spacial score (nSPS) is 9.79. The highest BCUT2D eigenvalue weighted by Gasteiger charge is 2.11. The van der Waals surface area contributed by atoms with E-state index in [9.17, 15) is 9.59 Å². The summed E-state index contributed by atoms with van der Waals surface area (Å²) >= 11 is 5.83. The summed E-state index contributed by atoms with van der Waals surface area (Å²) < 4.78 is 0. The summed E-state index contributed by atoms with van der Waals surface area (Å²) in [5.41, 5.74) is 0.795. The number of aryl methyl sites for hydroxylation is 1. The van der Waals surface area contributed by atoms with Crippen LogP contribution in [0, 0.1) is 0 Å². The lowest BCUT2D eigenvalue weighted by molar-refractivity contribution is -0.149. The number of benzene rings is 1. The molecule has 4 heteroatoms. The van der Waals surface area contributed by atoms with Gasteiger partial charge in [-0.1, -0.05) is 29.8 Å². The summed E-state index contributed by atoms with van der Waals surface area (Å²) in [5, 5.41) is 8.91. The third-order valence-corrected chi connectivity index (χ3v) is 2.19. The first kappa shape index (κ1) is 10.7. The summed E-state index contributed by atoms with van der Waals surface area (Å²) in [6, 6.07) is 7.07. The number of aliphatic carboxylic acids is 1. The van der Waals surface area contributed by atoms with Crippen LogP contribution in [0.25, 0.3) is 0 Å². The van der Waals surface area contributed by atoms with Crippen molar-refractivity contribution in [3.05, 3.63) is 34.9 Å². The van der Waals surface area contributed by atoms with Gasteiger partial charge in [-0.25, -0.2) is 4.79 Å². The molecular formula is C10H9ClO3. The van der Waals surface area contributed by atoms with Gasteiger partial charge in [-0.15, -0.1) is 0 Å². The number of rotatable bonds is 4. The van der Waals surface area contributed by atoms with E-state index in [-0.39, 0.29) is 6.42 Å². The van der Waals surface area contributed by atoms with Crippen LogP contribution in [0.1, 0.15) is 12.0 Å². The van der Waals surface area contributed by atoms with Crippen LogP contribution in [0.4, 0.5) is 0 Å². The van der Waals surface area contributed by atoms with E-state index in [2.05, 4.69) is 0 Å². The van der Waals surface area contributed by atoms with Crippen LogP contribution in [0.2, 0.25) is 5.02 Å². The summed E-state index contributed by atoms with van der Waals surface area (Å²) in [7, 11) is 0. The third kappa shape index (κ3) is 2.85. The van der Waals surface area contributed by atoms with Gasteiger partial charge in [0.15, 0.2) is 0 Å². The average Bonchev–Trinajstić information content (AvgIpc) is 2.16. The van der Waals surface area contributed by atoms with Gasteiger partial charge in [-0.2, -0.15) is 0 Å². The van der Waals surface area contributed by atoms with E-state index in [1.54, 1.807) is 24.3 Å². The van der Waals surface area contributed by atoms with Crippen molar-refractivity contribution in [1.82, 2.24) is 0 Å². The topological polar surface area (TPSA) is 54.4 Å². The van der Waals surface area contributed by atoms with Crippen molar-refractivity contribution in [2.45, 2.75) is 12.8 Å². The van der Waals surface area contributed by atoms with Crippen LogP contribution in [0.15, 0.2) is 24.3 Å². The Bertz CT molecular complexity index is 360. The van der Waals surface area contributed by atoms with Crippen LogP contribution >= 0.6 is 11.6 Å². The van der Waals surface area contributed by atoms with E-state index in [0.29, 0.717) is 11.4 Å². The Kier molecular flexibility index (Phi) is 3.65.